The lowest BCUT2D eigenvalue weighted by molar-refractivity contribution is -0.227. The Labute approximate surface area is 133 Å². The van der Waals surface area contributed by atoms with E-state index in [1.165, 1.54) is 0 Å². The van der Waals surface area contributed by atoms with E-state index < -0.39 is 42.5 Å². The molecule has 1 aromatic rings. The minimum absolute atomic E-state index is 0.293. The molecule has 0 aliphatic carbocycles. The second-order valence-electron chi connectivity index (χ2n) is 6.09. The summed E-state index contributed by atoms with van der Waals surface area (Å²) in [5.74, 6) is -1.39. The maximum Gasteiger partial charge on any atom is 0.338 e. The predicted molar refractivity (Wildman–Crippen MR) is 77.4 cm³/mol. The van der Waals surface area contributed by atoms with Crippen molar-refractivity contribution in [1.29, 1.82) is 0 Å². The van der Waals surface area contributed by atoms with Crippen LogP contribution >= 0.6 is 0 Å². The standard InChI is InChI=1S/C16H20O7/c1-16(2)22-13-11(18)12(21-15(13)23-16)10(17)8-20-14(19)9-6-4-3-5-7-9/h3-7,10-13,15,17-18H,8H2,1-2H3/t10-,11-,12+,13+,15+/m1/s1. The number of esters is 1. The normalized spacial score (nSPS) is 33.2. The molecule has 0 spiro atoms. The number of carbonyl (C=O) groups is 1. The molecule has 2 aliphatic heterocycles. The molecule has 7 heteroatoms. The number of aliphatic hydroxyl groups excluding tert-OH is 2. The number of ether oxygens (including phenoxy) is 4. The molecule has 2 heterocycles. The molecule has 0 saturated carbocycles. The summed E-state index contributed by atoms with van der Waals surface area (Å²) in [5, 5.41) is 20.3. The van der Waals surface area contributed by atoms with E-state index in [4.69, 9.17) is 18.9 Å². The molecule has 23 heavy (non-hydrogen) atoms. The molecule has 0 radical (unpaired) electrons. The lowest BCUT2D eigenvalue weighted by Gasteiger charge is -2.25. The molecule has 2 aliphatic rings. The van der Waals surface area contributed by atoms with E-state index in [9.17, 15) is 15.0 Å². The zero-order valence-corrected chi connectivity index (χ0v) is 12.9. The Hall–Kier alpha value is -1.51. The summed E-state index contributed by atoms with van der Waals surface area (Å²) < 4.78 is 21.6. The van der Waals surface area contributed by atoms with Gasteiger partial charge in [-0.2, -0.15) is 0 Å². The first-order valence-electron chi connectivity index (χ1n) is 7.47. The number of fused-ring (bicyclic) bond motifs is 1. The van der Waals surface area contributed by atoms with Crippen LogP contribution in [0.15, 0.2) is 30.3 Å². The molecule has 2 saturated heterocycles. The summed E-state index contributed by atoms with van der Waals surface area (Å²) in [7, 11) is 0. The number of aliphatic hydroxyl groups is 2. The minimum atomic E-state index is -1.18. The van der Waals surface area contributed by atoms with E-state index in [0.29, 0.717) is 5.56 Å². The molecule has 7 nitrogen and oxygen atoms in total. The van der Waals surface area contributed by atoms with Crippen LogP contribution in [-0.2, 0) is 18.9 Å². The van der Waals surface area contributed by atoms with Crippen molar-refractivity contribution >= 4 is 5.97 Å². The second kappa shape index (κ2) is 6.18. The van der Waals surface area contributed by atoms with Crippen molar-refractivity contribution in [3.63, 3.8) is 0 Å². The first kappa shape index (κ1) is 16.4. The van der Waals surface area contributed by atoms with Crippen LogP contribution in [0.25, 0.3) is 0 Å². The topological polar surface area (TPSA) is 94.5 Å². The molecule has 0 unspecified atom stereocenters. The van der Waals surface area contributed by atoms with Gasteiger partial charge in [-0.3, -0.25) is 0 Å². The highest BCUT2D eigenvalue weighted by atomic mass is 16.8. The molecular formula is C16H20O7. The molecular weight excluding hydrogens is 304 g/mol. The largest absolute Gasteiger partial charge is 0.459 e. The van der Waals surface area contributed by atoms with Gasteiger partial charge in [-0.1, -0.05) is 18.2 Å². The number of rotatable bonds is 4. The summed E-state index contributed by atoms with van der Waals surface area (Å²) in [4.78, 5) is 11.8. The van der Waals surface area contributed by atoms with Crippen LogP contribution in [0.4, 0.5) is 0 Å². The zero-order valence-electron chi connectivity index (χ0n) is 12.9. The van der Waals surface area contributed by atoms with Gasteiger partial charge in [0.05, 0.1) is 5.56 Å². The average molecular weight is 324 g/mol. The van der Waals surface area contributed by atoms with E-state index in [2.05, 4.69) is 0 Å². The van der Waals surface area contributed by atoms with Crippen molar-refractivity contribution in [3.8, 4) is 0 Å². The second-order valence-corrected chi connectivity index (χ2v) is 6.09. The number of carbonyl (C=O) groups excluding carboxylic acids is 1. The molecule has 0 bridgehead atoms. The summed E-state index contributed by atoms with van der Waals surface area (Å²) in [6, 6.07) is 8.45. The van der Waals surface area contributed by atoms with Gasteiger partial charge in [-0.05, 0) is 26.0 Å². The van der Waals surface area contributed by atoms with Crippen LogP contribution in [0, 0.1) is 0 Å². The fraction of sp³-hybridized carbons (Fsp3) is 0.562. The fourth-order valence-corrected chi connectivity index (χ4v) is 2.75. The van der Waals surface area contributed by atoms with E-state index in [-0.39, 0.29) is 6.61 Å². The maximum absolute atomic E-state index is 11.8. The Kier molecular flexibility index (Phi) is 4.39. The number of hydrogen-bond donors (Lipinski definition) is 2. The van der Waals surface area contributed by atoms with E-state index in [1.807, 2.05) is 0 Å². The summed E-state index contributed by atoms with van der Waals surface area (Å²) >= 11 is 0. The SMILES string of the molecule is CC1(C)O[C@@H]2O[C@@H]([C@H](O)COC(=O)c3ccccc3)[C@@H](O)[C@@H]2O1. The van der Waals surface area contributed by atoms with Gasteiger partial charge < -0.3 is 29.2 Å². The van der Waals surface area contributed by atoms with Crippen LogP contribution in [0.3, 0.4) is 0 Å². The van der Waals surface area contributed by atoms with E-state index in [1.54, 1.807) is 44.2 Å². The smallest absolute Gasteiger partial charge is 0.338 e. The first-order chi connectivity index (χ1) is 10.9. The van der Waals surface area contributed by atoms with Crippen molar-refractivity contribution in [2.75, 3.05) is 6.61 Å². The van der Waals surface area contributed by atoms with Gasteiger partial charge in [0, 0.05) is 0 Å². The van der Waals surface area contributed by atoms with Crippen LogP contribution in [-0.4, -0.2) is 59.3 Å². The van der Waals surface area contributed by atoms with Gasteiger partial charge in [0.15, 0.2) is 12.1 Å². The summed E-state index contributed by atoms with van der Waals surface area (Å²) in [6.45, 7) is 3.14. The third-order valence-corrected chi connectivity index (χ3v) is 3.83. The van der Waals surface area contributed by atoms with Gasteiger partial charge in [-0.25, -0.2) is 4.79 Å². The predicted octanol–water partition coefficient (Wildman–Crippen LogP) is 0.442. The van der Waals surface area contributed by atoms with Crippen molar-refractivity contribution < 1.29 is 34.0 Å². The lowest BCUT2D eigenvalue weighted by Crippen LogP contribution is -2.43. The Bertz CT molecular complexity index is 559. The average Bonchev–Trinajstić information content (AvgIpc) is 2.99. The highest BCUT2D eigenvalue weighted by Gasteiger charge is 2.56. The highest BCUT2D eigenvalue weighted by molar-refractivity contribution is 5.89. The maximum atomic E-state index is 11.8. The van der Waals surface area contributed by atoms with Gasteiger partial charge in [0.25, 0.3) is 0 Å². The van der Waals surface area contributed by atoms with Crippen LogP contribution in [0.1, 0.15) is 24.2 Å². The third kappa shape index (κ3) is 3.39. The third-order valence-electron chi connectivity index (χ3n) is 3.83. The van der Waals surface area contributed by atoms with E-state index >= 15 is 0 Å². The molecule has 2 N–H and O–H groups in total. The monoisotopic (exact) mass is 324 g/mol. The van der Waals surface area contributed by atoms with Crippen LogP contribution in [0.5, 0.6) is 0 Å². The Balaban J connectivity index is 1.54. The van der Waals surface area contributed by atoms with Gasteiger partial charge in [-0.15, -0.1) is 0 Å². The molecule has 126 valence electrons. The van der Waals surface area contributed by atoms with Crippen molar-refractivity contribution in [1.82, 2.24) is 0 Å². The quantitative estimate of drug-likeness (QED) is 0.776. The van der Waals surface area contributed by atoms with E-state index in [0.717, 1.165) is 0 Å². The van der Waals surface area contributed by atoms with Crippen molar-refractivity contribution in [2.45, 2.75) is 50.3 Å². The van der Waals surface area contributed by atoms with Crippen molar-refractivity contribution in [2.24, 2.45) is 0 Å². The van der Waals surface area contributed by atoms with Gasteiger partial charge in [0.2, 0.25) is 0 Å². The Morgan fingerprint density at radius 1 is 1.30 bits per heavy atom. The zero-order chi connectivity index (χ0) is 16.6. The molecule has 2 fully saturated rings. The van der Waals surface area contributed by atoms with Crippen LogP contribution < -0.4 is 0 Å². The number of hydrogen-bond acceptors (Lipinski definition) is 7. The van der Waals surface area contributed by atoms with Gasteiger partial charge in [0.1, 0.15) is 31.0 Å². The molecule has 3 rings (SSSR count). The molecule has 0 aromatic heterocycles. The van der Waals surface area contributed by atoms with Crippen molar-refractivity contribution in [3.05, 3.63) is 35.9 Å². The fourth-order valence-electron chi connectivity index (χ4n) is 2.75. The Morgan fingerprint density at radius 3 is 2.65 bits per heavy atom. The molecule has 5 atom stereocenters. The summed E-state index contributed by atoms with van der Waals surface area (Å²) in [5.41, 5.74) is 0.387. The number of benzene rings is 1. The highest BCUT2D eigenvalue weighted by Crippen LogP contribution is 2.38. The lowest BCUT2D eigenvalue weighted by atomic mass is 10.1. The van der Waals surface area contributed by atoms with Crippen LogP contribution in [0.2, 0.25) is 0 Å². The summed E-state index contributed by atoms with van der Waals surface area (Å²) in [6.07, 6.45) is -4.60. The van der Waals surface area contributed by atoms with Gasteiger partial charge >= 0.3 is 5.97 Å². The Morgan fingerprint density at radius 2 is 2.00 bits per heavy atom. The first-order valence-corrected chi connectivity index (χ1v) is 7.47. The molecule has 0 amide bonds. The minimum Gasteiger partial charge on any atom is -0.459 e. The molecule has 1 aromatic carbocycles.